The molecule has 0 radical (unpaired) electrons. The number of nitrogens with zero attached hydrogens (tertiary/aromatic N) is 2. The monoisotopic (exact) mass is 479 g/mol. The molecule has 0 spiro atoms. The Hall–Kier alpha value is -2.04. The zero-order valence-electron chi connectivity index (χ0n) is 16.2. The highest BCUT2D eigenvalue weighted by molar-refractivity contribution is 7.89. The molecule has 1 aromatic carbocycles. The Labute approximate surface area is 187 Å². The minimum Gasteiger partial charge on any atom is -0.333 e. The molecule has 10 heteroatoms. The van der Waals surface area contributed by atoms with Crippen molar-refractivity contribution in [1.82, 2.24) is 14.9 Å². The quantitative estimate of drug-likeness (QED) is 0.388. The molecule has 0 fully saturated rings. The van der Waals surface area contributed by atoms with Crippen molar-refractivity contribution in [3.05, 3.63) is 62.1 Å². The van der Waals surface area contributed by atoms with Gasteiger partial charge in [-0.15, -0.1) is 22.7 Å². The second kappa shape index (κ2) is 8.60. The highest BCUT2D eigenvalue weighted by Crippen LogP contribution is 2.33. The summed E-state index contributed by atoms with van der Waals surface area (Å²) in [5.74, 6) is 0.668. The molecule has 0 bridgehead atoms. The maximum atomic E-state index is 12.8. The highest BCUT2D eigenvalue weighted by atomic mass is 35.5. The molecule has 0 amide bonds. The Bertz CT molecular complexity index is 1290. The summed E-state index contributed by atoms with van der Waals surface area (Å²) in [6.07, 6.45) is 0.658. The molecular weight excluding hydrogens is 462 g/mol. The first kappa shape index (κ1) is 21.2. The van der Waals surface area contributed by atoms with E-state index in [1.54, 1.807) is 42.5 Å². The van der Waals surface area contributed by atoms with Gasteiger partial charge in [0.2, 0.25) is 15.8 Å². The third-order valence-corrected chi connectivity index (χ3v) is 8.57. The molecular formula is C20H18ClN3O3S3. The van der Waals surface area contributed by atoms with Gasteiger partial charge < -0.3 is 4.52 Å². The van der Waals surface area contributed by atoms with E-state index in [2.05, 4.69) is 14.9 Å². The van der Waals surface area contributed by atoms with E-state index in [-0.39, 0.29) is 10.8 Å². The fourth-order valence-electron chi connectivity index (χ4n) is 2.94. The van der Waals surface area contributed by atoms with Crippen molar-refractivity contribution in [3.63, 3.8) is 0 Å². The van der Waals surface area contributed by atoms with Crippen molar-refractivity contribution >= 4 is 44.3 Å². The SMILES string of the molecule is Cc1ccsc1CCNS(=O)(=O)c1cc(-c2nc(-c3cccc(Cl)c3)no2)sc1C. The lowest BCUT2D eigenvalue weighted by molar-refractivity contribution is 0.433. The van der Waals surface area contributed by atoms with Crippen LogP contribution in [0.3, 0.4) is 0 Å². The fourth-order valence-corrected chi connectivity index (χ4v) is 6.59. The van der Waals surface area contributed by atoms with E-state index in [4.69, 9.17) is 16.1 Å². The van der Waals surface area contributed by atoms with Crippen LogP contribution in [0.5, 0.6) is 0 Å². The highest BCUT2D eigenvalue weighted by Gasteiger charge is 2.22. The summed E-state index contributed by atoms with van der Waals surface area (Å²) in [4.78, 5) is 7.06. The Morgan fingerprint density at radius 2 is 2.03 bits per heavy atom. The molecule has 6 nitrogen and oxygen atoms in total. The summed E-state index contributed by atoms with van der Waals surface area (Å²) >= 11 is 8.95. The minimum atomic E-state index is -3.64. The number of thiophene rings is 2. The smallest absolute Gasteiger partial charge is 0.268 e. The largest absolute Gasteiger partial charge is 0.333 e. The molecule has 0 aliphatic heterocycles. The lowest BCUT2D eigenvalue weighted by Gasteiger charge is -2.06. The molecule has 4 rings (SSSR count). The Balaban J connectivity index is 1.52. The van der Waals surface area contributed by atoms with Crippen LogP contribution >= 0.6 is 34.3 Å². The number of sulfonamides is 1. The molecule has 3 aromatic heterocycles. The van der Waals surface area contributed by atoms with Gasteiger partial charge in [0.1, 0.15) is 0 Å². The molecule has 0 atom stereocenters. The van der Waals surface area contributed by atoms with Crippen LogP contribution in [0, 0.1) is 13.8 Å². The zero-order valence-corrected chi connectivity index (χ0v) is 19.4. The zero-order chi connectivity index (χ0) is 21.3. The van der Waals surface area contributed by atoms with E-state index in [0.29, 0.717) is 33.6 Å². The second-order valence-corrected chi connectivity index (χ2v) is 11.1. The molecule has 3 heterocycles. The van der Waals surface area contributed by atoms with Gasteiger partial charge >= 0.3 is 0 Å². The van der Waals surface area contributed by atoms with Crippen molar-refractivity contribution in [3.8, 4) is 22.2 Å². The van der Waals surface area contributed by atoms with Crippen molar-refractivity contribution < 1.29 is 12.9 Å². The second-order valence-electron chi connectivity index (χ2n) is 6.64. The van der Waals surface area contributed by atoms with Crippen LogP contribution in [0.2, 0.25) is 5.02 Å². The van der Waals surface area contributed by atoms with Gasteiger partial charge in [-0.3, -0.25) is 0 Å². The van der Waals surface area contributed by atoms with Gasteiger partial charge in [0.25, 0.3) is 5.89 Å². The number of rotatable bonds is 7. The van der Waals surface area contributed by atoms with Gasteiger partial charge in [0, 0.05) is 26.9 Å². The topological polar surface area (TPSA) is 85.1 Å². The summed E-state index contributed by atoms with van der Waals surface area (Å²) in [6, 6.07) is 10.7. The third kappa shape index (κ3) is 4.50. The number of hydrogen-bond acceptors (Lipinski definition) is 7. The summed E-state index contributed by atoms with van der Waals surface area (Å²) in [7, 11) is -3.64. The van der Waals surface area contributed by atoms with Gasteiger partial charge in [-0.25, -0.2) is 13.1 Å². The van der Waals surface area contributed by atoms with Crippen LogP contribution < -0.4 is 4.72 Å². The lowest BCUT2D eigenvalue weighted by atomic mass is 10.2. The van der Waals surface area contributed by atoms with Crippen molar-refractivity contribution in [2.75, 3.05) is 6.54 Å². The van der Waals surface area contributed by atoms with Gasteiger partial charge in [0.15, 0.2) is 0 Å². The first-order valence-corrected chi connectivity index (χ1v) is 12.6. The van der Waals surface area contributed by atoms with Crippen LogP contribution in [0.15, 0.2) is 51.2 Å². The van der Waals surface area contributed by atoms with E-state index in [1.165, 1.54) is 21.8 Å². The molecule has 0 aliphatic carbocycles. The summed E-state index contributed by atoms with van der Waals surface area (Å²) in [5, 5.41) is 6.57. The van der Waals surface area contributed by atoms with E-state index in [1.807, 2.05) is 24.4 Å². The number of halogens is 1. The molecule has 156 valence electrons. The number of aromatic nitrogens is 2. The lowest BCUT2D eigenvalue weighted by Crippen LogP contribution is -2.26. The van der Waals surface area contributed by atoms with E-state index in [0.717, 1.165) is 5.56 Å². The van der Waals surface area contributed by atoms with Gasteiger partial charge in [-0.05, 0) is 55.5 Å². The summed E-state index contributed by atoms with van der Waals surface area (Å²) in [6.45, 7) is 4.13. The predicted molar refractivity (Wildman–Crippen MR) is 121 cm³/mol. The average molecular weight is 480 g/mol. The normalized spacial score (nSPS) is 11.8. The van der Waals surface area contributed by atoms with Gasteiger partial charge in [-0.2, -0.15) is 4.98 Å². The summed E-state index contributed by atoms with van der Waals surface area (Å²) < 4.78 is 33.6. The molecule has 1 N–H and O–H groups in total. The van der Waals surface area contributed by atoms with Crippen LogP contribution in [-0.2, 0) is 16.4 Å². The molecule has 0 saturated heterocycles. The van der Waals surface area contributed by atoms with Gasteiger partial charge in [-0.1, -0.05) is 28.9 Å². The van der Waals surface area contributed by atoms with Crippen molar-refractivity contribution in [1.29, 1.82) is 0 Å². The molecule has 0 aliphatic rings. The maximum Gasteiger partial charge on any atom is 0.268 e. The average Bonchev–Trinajstić information content (AvgIpc) is 3.42. The Kier molecular flexibility index (Phi) is 6.08. The molecule has 0 unspecified atom stereocenters. The number of hydrogen-bond donors (Lipinski definition) is 1. The number of benzene rings is 1. The molecule has 4 aromatic rings. The maximum absolute atomic E-state index is 12.8. The van der Waals surface area contributed by atoms with Gasteiger partial charge in [0.05, 0.1) is 9.77 Å². The van der Waals surface area contributed by atoms with Crippen LogP contribution in [0.4, 0.5) is 0 Å². The van der Waals surface area contributed by atoms with Crippen molar-refractivity contribution in [2.45, 2.75) is 25.2 Å². The molecule has 0 saturated carbocycles. The minimum absolute atomic E-state index is 0.230. The van der Waals surface area contributed by atoms with E-state index >= 15 is 0 Å². The number of aryl methyl sites for hydroxylation is 2. The van der Waals surface area contributed by atoms with Crippen LogP contribution in [0.25, 0.3) is 22.2 Å². The van der Waals surface area contributed by atoms with Crippen LogP contribution in [0.1, 0.15) is 15.3 Å². The first-order valence-electron chi connectivity index (χ1n) is 9.06. The fraction of sp³-hybridized carbons (Fsp3) is 0.200. The summed E-state index contributed by atoms with van der Waals surface area (Å²) in [5.41, 5.74) is 1.91. The third-order valence-electron chi connectivity index (χ3n) is 4.49. The standard InChI is InChI=1S/C20H18ClN3O3S3/c1-12-7-9-28-16(12)6-8-22-30(25,26)18-11-17(29-13(18)2)20-23-19(24-27-20)14-4-3-5-15(21)10-14/h3-5,7,9-11,22H,6,8H2,1-2H3. The van der Waals surface area contributed by atoms with Crippen molar-refractivity contribution in [2.24, 2.45) is 0 Å². The number of nitrogens with one attached hydrogen (secondary N) is 1. The molecule has 30 heavy (non-hydrogen) atoms. The van der Waals surface area contributed by atoms with E-state index in [9.17, 15) is 8.42 Å². The van der Waals surface area contributed by atoms with E-state index < -0.39 is 10.0 Å². The van der Waals surface area contributed by atoms with Crippen LogP contribution in [-0.4, -0.2) is 25.1 Å². The predicted octanol–water partition coefficient (Wildman–Crippen LogP) is 5.32. The Morgan fingerprint density at radius 3 is 2.77 bits per heavy atom. The first-order chi connectivity index (χ1) is 14.3. The Morgan fingerprint density at radius 1 is 1.20 bits per heavy atom.